The average Bonchev–Trinajstić information content (AvgIpc) is 2.26. The van der Waals surface area contributed by atoms with Gasteiger partial charge in [0.15, 0.2) is 0 Å². The van der Waals surface area contributed by atoms with Crippen LogP contribution in [0.4, 0.5) is 11.4 Å². The minimum atomic E-state index is -0.554. The van der Waals surface area contributed by atoms with Gasteiger partial charge in [0, 0.05) is 18.6 Å². The highest BCUT2D eigenvalue weighted by atomic mass is 79.9. The number of carbonyl (C=O) groups is 1. The topological polar surface area (TPSA) is 58.4 Å². The molecule has 19 heavy (non-hydrogen) atoms. The lowest BCUT2D eigenvalue weighted by atomic mass is 9.87. The zero-order valence-corrected chi connectivity index (χ0v) is 13.7. The summed E-state index contributed by atoms with van der Waals surface area (Å²) in [5, 5.41) is 2.90. The van der Waals surface area contributed by atoms with E-state index in [4.69, 9.17) is 5.73 Å². The number of rotatable bonds is 3. The molecule has 0 unspecified atom stereocenters. The Morgan fingerprint density at radius 1 is 1.37 bits per heavy atom. The molecule has 1 rings (SSSR count). The first-order valence-corrected chi connectivity index (χ1v) is 6.95. The summed E-state index contributed by atoms with van der Waals surface area (Å²) >= 11 is 3.41. The molecule has 0 fully saturated rings. The van der Waals surface area contributed by atoms with Gasteiger partial charge in [0.05, 0.1) is 17.4 Å². The van der Waals surface area contributed by atoms with Gasteiger partial charge in [-0.05, 0) is 23.6 Å². The molecule has 0 spiro atoms. The Labute approximate surface area is 123 Å². The van der Waals surface area contributed by atoms with E-state index < -0.39 is 6.04 Å². The fourth-order valence-electron chi connectivity index (χ4n) is 1.60. The molecule has 1 amide bonds. The molecule has 0 aromatic heterocycles. The maximum atomic E-state index is 12.2. The SMILES string of the molecule is CN(C)c1ccc(Br)cc1NC(=O)[C@H](N)C(C)(C)C. The summed E-state index contributed by atoms with van der Waals surface area (Å²) in [6.45, 7) is 5.85. The average molecular weight is 328 g/mol. The summed E-state index contributed by atoms with van der Waals surface area (Å²) in [4.78, 5) is 14.1. The molecule has 1 aromatic rings. The molecular weight excluding hydrogens is 306 g/mol. The lowest BCUT2D eigenvalue weighted by molar-refractivity contribution is -0.119. The van der Waals surface area contributed by atoms with Crippen LogP contribution in [0.1, 0.15) is 20.8 Å². The van der Waals surface area contributed by atoms with Gasteiger partial charge in [0.1, 0.15) is 0 Å². The summed E-state index contributed by atoms with van der Waals surface area (Å²) in [6, 6.07) is 5.21. The molecule has 0 saturated carbocycles. The Morgan fingerprint density at radius 2 is 1.95 bits per heavy atom. The largest absolute Gasteiger partial charge is 0.376 e. The van der Waals surface area contributed by atoms with Crippen LogP contribution in [-0.4, -0.2) is 26.0 Å². The minimum Gasteiger partial charge on any atom is -0.376 e. The zero-order chi connectivity index (χ0) is 14.8. The summed E-state index contributed by atoms with van der Waals surface area (Å²) in [5.41, 5.74) is 7.40. The molecule has 0 aliphatic heterocycles. The fourth-order valence-corrected chi connectivity index (χ4v) is 1.96. The van der Waals surface area contributed by atoms with Crippen molar-refractivity contribution in [1.29, 1.82) is 0 Å². The van der Waals surface area contributed by atoms with Crippen molar-refractivity contribution in [2.24, 2.45) is 11.1 Å². The van der Waals surface area contributed by atoms with Gasteiger partial charge in [-0.3, -0.25) is 4.79 Å². The van der Waals surface area contributed by atoms with Crippen LogP contribution in [0.15, 0.2) is 22.7 Å². The van der Waals surface area contributed by atoms with Crippen molar-refractivity contribution >= 4 is 33.2 Å². The van der Waals surface area contributed by atoms with Crippen molar-refractivity contribution in [3.8, 4) is 0 Å². The van der Waals surface area contributed by atoms with Gasteiger partial charge in [0.2, 0.25) is 5.91 Å². The first-order valence-electron chi connectivity index (χ1n) is 6.16. The van der Waals surface area contributed by atoms with Crippen molar-refractivity contribution in [2.75, 3.05) is 24.3 Å². The van der Waals surface area contributed by atoms with Crippen LogP contribution in [-0.2, 0) is 4.79 Å². The maximum Gasteiger partial charge on any atom is 0.241 e. The van der Waals surface area contributed by atoms with Crippen molar-refractivity contribution in [1.82, 2.24) is 0 Å². The lowest BCUT2D eigenvalue weighted by Gasteiger charge is -2.27. The Hall–Kier alpha value is -1.07. The van der Waals surface area contributed by atoms with Gasteiger partial charge in [-0.1, -0.05) is 36.7 Å². The third kappa shape index (κ3) is 4.21. The van der Waals surface area contributed by atoms with Crippen molar-refractivity contribution in [3.63, 3.8) is 0 Å². The number of nitrogens with one attached hydrogen (secondary N) is 1. The predicted molar refractivity (Wildman–Crippen MR) is 84.5 cm³/mol. The van der Waals surface area contributed by atoms with Crippen molar-refractivity contribution < 1.29 is 4.79 Å². The predicted octanol–water partition coefficient (Wildman–Crippen LogP) is 2.83. The number of amides is 1. The zero-order valence-electron chi connectivity index (χ0n) is 12.1. The molecule has 1 aromatic carbocycles. The molecule has 0 bridgehead atoms. The molecule has 0 heterocycles. The quantitative estimate of drug-likeness (QED) is 0.897. The van der Waals surface area contributed by atoms with Crippen molar-refractivity contribution in [2.45, 2.75) is 26.8 Å². The van der Waals surface area contributed by atoms with Gasteiger partial charge in [0.25, 0.3) is 0 Å². The molecule has 106 valence electrons. The van der Waals surface area contributed by atoms with Crippen LogP contribution < -0.4 is 16.0 Å². The number of nitrogens with two attached hydrogens (primary N) is 1. The molecule has 0 saturated heterocycles. The van der Waals surface area contributed by atoms with E-state index in [-0.39, 0.29) is 11.3 Å². The smallest absolute Gasteiger partial charge is 0.241 e. The van der Waals surface area contributed by atoms with E-state index in [1.807, 2.05) is 58.0 Å². The standard InChI is InChI=1S/C14H22BrN3O/c1-14(2,3)12(16)13(19)17-10-8-9(15)6-7-11(10)18(4)5/h6-8,12H,16H2,1-5H3,(H,17,19)/t12-/m0/s1. The summed E-state index contributed by atoms with van der Waals surface area (Å²) in [5.74, 6) is -0.172. The molecule has 0 radical (unpaired) electrons. The van der Waals surface area contributed by atoms with Gasteiger partial charge in [-0.25, -0.2) is 0 Å². The number of halogens is 1. The lowest BCUT2D eigenvalue weighted by Crippen LogP contribution is -2.45. The van der Waals surface area contributed by atoms with E-state index in [0.717, 1.165) is 15.8 Å². The highest BCUT2D eigenvalue weighted by molar-refractivity contribution is 9.10. The van der Waals surface area contributed by atoms with E-state index in [1.54, 1.807) is 0 Å². The van der Waals surface area contributed by atoms with Crippen LogP contribution in [0, 0.1) is 5.41 Å². The second-order valence-corrected chi connectivity index (χ2v) is 6.80. The first-order chi connectivity index (χ1) is 8.62. The Bertz CT molecular complexity index is 466. The maximum absolute atomic E-state index is 12.2. The van der Waals surface area contributed by atoms with Crippen molar-refractivity contribution in [3.05, 3.63) is 22.7 Å². The molecular formula is C14H22BrN3O. The fraction of sp³-hybridized carbons (Fsp3) is 0.500. The number of anilines is 2. The third-order valence-electron chi connectivity index (χ3n) is 2.91. The summed E-state index contributed by atoms with van der Waals surface area (Å²) in [7, 11) is 3.87. The van der Waals surface area contributed by atoms with Gasteiger partial charge < -0.3 is 16.0 Å². The Balaban J connectivity index is 2.99. The molecule has 3 N–H and O–H groups in total. The number of benzene rings is 1. The van der Waals surface area contributed by atoms with E-state index in [9.17, 15) is 4.79 Å². The van der Waals surface area contributed by atoms with Gasteiger partial charge in [-0.2, -0.15) is 0 Å². The van der Waals surface area contributed by atoms with E-state index in [1.165, 1.54) is 0 Å². The first kappa shape index (κ1) is 16.0. The summed E-state index contributed by atoms with van der Waals surface area (Å²) in [6.07, 6.45) is 0. The van der Waals surface area contributed by atoms with E-state index in [0.29, 0.717) is 0 Å². The highest BCUT2D eigenvalue weighted by Gasteiger charge is 2.27. The van der Waals surface area contributed by atoms with Crippen LogP contribution in [0.2, 0.25) is 0 Å². The van der Waals surface area contributed by atoms with Gasteiger partial charge in [-0.15, -0.1) is 0 Å². The number of hydrogen-bond donors (Lipinski definition) is 2. The number of carbonyl (C=O) groups excluding carboxylic acids is 1. The third-order valence-corrected chi connectivity index (χ3v) is 3.41. The monoisotopic (exact) mass is 327 g/mol. The number of hydrogen-bond acceptors (Lipinski definition) is 3. The highest BCUT2D eigenvalue weighted by Crippen LogP contribution is 2.29. The minimum absolute atomic E-state index is 0.172. The molecule has 5 heteroatoms. The van der Waals surface area contributed by atoms with Crippen LogP contribution >= 0.6 is 15.9 Å². The van der Waals surface area contributed by atoms with Gasteiger partial charge >= 0.3 is 0 Å². The van der Waals surface area contributed by atoms with E-state index >= 15 is 0 Å². The van der Waals surface area contributed by atoms with Crippen LogP contribution in [0.3, 0.4) is 0 Å². The second-order valence-electron chi connectivity index (χ2n) is 5.89. The molecule has 0 aliphatic rings. The number of nitrogens with zero attached hydrogens (tertiary/aromatic N) is 1. The van der Waals surface area contributed by atoms with Crippen LogP contribution in [0.5, 0.6) is 0 Å². The molecule has 0 aliphatic carbocycles. The Morgan fingerprint density at radius 3 is 2.42 bits per heavy atom. The normalized spacial score (nSPS) is 13.0. The second kappa shape index (κ2) is 5.92. The van der Waals surface area contributed by atoms with Crippen LogP contribution in [0.25, 0.3) is 0 Å². The molecule has 4 nitrogen and oxygen atoms in total. The van der Waals surface area contributed by atoms with E-state index in [2.05, 4.69) is 21.2 Å². The Kier molecular flexibility index (Phi) is 4.98. The molecule has 1 atom stereocenters. The summed E-state index contributed by atoms with van der Waals surface area (Å²) < 4.78 is 0.915.